The van der Waals surface area contributed by atoms with Crippen molar-refractivity contribution in [2.24, 2.45) is 0 Å². The average molecular weight is 254 g/mol. The van der Waals surface area contributed by atoms with Gasteiger partial charge in [-0.1, -0.05) is 23.5 Å². The Morgan fingerprint density at radius 3 is 2.31 bits per heavy atom. The average Bonchev–Trinajstić information content (AvgIpc) is 2.64. The number of sulfone groups is 1. The van der Waals surface area contributed by atoms with Gasteiger partial charge in [0.2, 0.25) is 0 Å². The van der Waals surface area contributed by atoms with E-state index in [4.69, 9.17) is 5.73 Å². The summed E-state index contributed by atoms with van der Waals surface area (Å²) in [6.07, 6.45) is 2.86. The van der Waals surface area contributed by atoms with E-state index in [1.807, 2.05) is 0 Å². The largest absolute Gasteiger partial charge is 0.375 e. The van der Waals surface area contributed by atoms with Crippen molar-refractivity contribution in [3.8, 4) is 10.4 Å². The lowest BCUT2D eigenvalue weighted by atomic mass is 10.2. The minimum absolute atomic E-state index is 0.314. The van der Waals surface area contributed by atoms with E-state index < -0.39 is 9.84 Å². The first kappa shape index (κ1) is 11.1. The van der Waals surface area contributed by atoms with Gasteiger partial charge in [-0.25, -0.2) is 13.4 Å². The number of nitrogens with zero attached hydrogens (tertiary/aromatic N) is 1. The number of nitrogen functional groups attached to an aromatic ring is 1. The van der Waals surface area contributed by atoms with Gasteiger partial charge in [0.1, 0.15) is 0 Å². The summed E-state index contributed by atoms with van der Waals surface area (Å²) in [7, 11) is -3.13. The van der Waals surface area contributed by atoms with Gasteiger partial charge in [-0.05, 0) is 17.7 Å². The second-order valence-corrected chi connectivity index (χ2v) is 6.44. The van der Waals surface area contributed by atoms with Gasteiger partial charge in [0.15, 0.2) is 15.0 Å². The SMILES string of the molecule is CS(=O)(=O)c1ccc(-c2cnc(N)s2)cc1. The Balaban J connectivity index is 2.40. The fourth-order valence-electron chi connectivity index (χ4n) is 1.29. The first-order valence-electron chi connectivity index (χ1n) is 4.48. The molecular weight excluding hydrogens is 244 g/mol. The van der Waals surface area contributed by atoms with E-state index in [0.29, 0.717) is 10.0 Å². The van der Waals surface area contributed by atoms with Crippen molar-refractivity contribution in [1.29, 1.82) is 0 Å². The van der Waals surface area contributed by atoms with Crippen molar-refractivity contribution < 1.29 is 8.42 Å². The van der Waals surface area contributed by atoms with Crippen LogP contribution in [0.15, 0.2) is 35.4 Å². The molecule has 1 heterocycles. The highest BCUT2D eigenvalue weighted by Gasteiger charge is 2.07. The molecule has 6 heteroatoms. The lowest BCUT2D eigenvalue weighted by molar-refractivity contribution is 0.602. The number of aromatic nitrogens is 1. The van der Waals surface area contributed by atoms with Crippen LogP contribution in [0.3, 0.4) is 0 Å². The number of hydrogen-bond acceptors (Lipinski definition) is 5. The fourth-order valence-corrected chi connectivity index (χ4v) is 2.61. The van der Waals surface area contributed by atoms with Crippen LogP contribution in [-0.2, 0) is 9.84 Å². The molecule has 0 fully saturated rings. The molecule has 0 atom stereocenters. The van der Waals surface area contributed by atoms with Gasteiger partial charge >= 0.3 is 0 Å². The maximum atomic E-state index is 11.3. The first-order valence-corrected chi connectivity index (χ1v) is 7.19. The van der Waals surface area contributed by atoms with Gasteiger partial charge in [0, 0.05) is 12.5 Å². The van der Waals surface area contributed by atoms with E-state index in [1.165, 1.54) is 17.6 Å². The summed E-state index contributed by atoms with van der Waals surface area (Å²) in [6, 6.07) is 6.67. The summed E-state index contributed by atoms with van der Waals surface area (Å²) in [5, 5.41) is 0.502. The molecule has 16 heavy (non-hydrogen) atoms. The minimum Gasteiger partial charge on any atom is -0.375 e. The zero-order valence-electron chi connectivity index (χ0n) is 8.54. The Kier molecular flexibility index (Phi) is 2.69. The Morgan fingerprint density at radius 1 is 1.25 bits per heavy atom. The molecule has 2 N–H and O–H groups in total. The van der Waals surface area contributed by atoms with Crippen LogP contribution in [0.2, 0.25) is 0 Å². The standard InChI is InChI=1S/C10H10N2O2S2/c1-16(13,14)8-4-2-7(3-5-8)9-6-12-10(11)15-9/h2-6H,1H3,(H2,11,12). The van der Waals surface area contributed by atoms with Crippen molar-refractivity contribution in [2.45, 2.75) is 4.90 Å². The van der Waals surface area contributed by atoms with Gasteiger partial charge in [-0.3, -0.25) is 0 Å². The molecule has 0 aliphatic carbocycles. The van der Waals surface area contributed by atoms with Crippen molar-refractivity contribution in [2.75, 3.05) is 12.0 Å². The number of thiazole rings is 1. The number of rotatable bonds is 2. The third-order valence-electron chi connectivity index (χ3n) is 2.09. The van der Waals surface area contributed by atoms with Crippen LogP contribution in [-0.4, -0.2) is 19.7 Å². The first-order chi connectivity index (χ1) is 7.47. The van der Waals surface area contributed by atoms with Crippen LogP contribution in [0.25, 0.3) is 10.4 Å². The van der Waals surface area contributed by atoms with E-state index in [0.717, 1.165) is 10.4 Å². The Labute approximate surface area is 97.7 Å². The number of benzene rings is 1. The van der Waals surface area contributed by atoms with Crippen LogP contribution >= 0.6 is 11.3 Å². The zero-order chi connectivity index (χ0) is 11.8. The number of hydrogen-bond donors (Lipinski definition) is 1. The lowest BCUT2D eigenvalue weighted by Gasteiger charge is -1.99. The summed E-state index contributed by atoms with van der Waals surface area (Å²) < 4.78 is 22.5. The summed E-state index contributed by atoms with van der Waals surface area (Å²) >= 11 is 1.37. The third kappa shape index (κ3) is 2.23. The molecule has 84 valence electrons. The monoisotopic (exact) mass is 254 g/mol. The Morgan fingerprint density at radius 2 is 1.88 bits per heavy atom. The van der Waals surface area contributed by atoms with Gasteiger partial charge < -0.3 is 5.73 Å². The third-order valence-corrected chi connectivity index (χ3v) is 4.09. The topological polar surface area (TPSA) is 73.0 Å². The lowest BCUT2D eigenvalue weighted by Crippen LogP contribution is -1.95. The van der Waals surface area contributed by atoms with E-state index in [-0.39, 0.29) is 0 Å². The van der Waals surface area contributed by atoms with Crippen LogP contribution in [0.1, 0.15) is 0 Å². The van der Waals surface area contributed by atoms with Gasteiger partial charge in [-0.15, -0.1) is 0 Å². The van der Waals surface area contributed by atoms with Crippen molar-refractivity contribution >= 4 is 26.3 Å². The summed E-state index contributed by atoms with van der Waals surface area (Å²) in [5.74, 6) is 0. The molecular formula is C10H10N2O2S2. The van der Waals surface area contributed by atoms with Gasteiger partial charge in [-0.2, -0.15) is 0 Å². The molecule has 0 radical (unpaired) electrons. The summed E-state index contributed by atoms with van der Waals surface area (Å²) in [6.45, 7) is 0. The van der Waals surface area contributed by atoms with E-state index in [9.17, 15) is 8.42 Å². The second kappa shape index (κ2) is 3.88. The molecule has 2 aromatic rings. The molecule has 0 spiro atoms. The summed E-state index contributed by atoms with van der Waals surface area (Å²) in [5.41, 5.74) is 6.44. The van der Waals surface area contributed by atoms with E-state index in [2.05, 4.69) is 4.98 Å². The predicted octanol–water partition coefficient (Wildman–Crippen LogP) is 1.80. The molecule has 0 aliphatic heterocycles. The predicted molar refractivity (Wildman–Crippen MR) is 65.1 cm³/mol. The molecule has 0 saturated heterocycles. The molecule has 0 bridgehead atoms. The van der Waals surface area contributed by atoms with Crippen LogP contribution in [0.4, 0.5) is 5.13 Å². The normalized spacial score (nSPS) is 11.6. The molecule has 1 aromatic heterocycles. The maximum absolute atomic E-state index is 11.3. The van der Waals surface area contributed by atoms with Gasteiger partial charge in [0.25, 0.3) is 0 Å². The van der Waals surface area contributed by atoms with Crippen LogP contribution < -0.4 is 5.73 Å². The van der Waals surface area contributed by atoms with Crippen molar-refractivity contribution in [3.05, 3.63) is 30.5 Å². The second-order valence-electron chi connectivity index (χ2n) is 3.36. The number of nitrogens with two attached hydrogens (primary N) is 1. The smallest absolute Gasteiger partial charge is 0.180 e. The minimum atomic E-state index is -3.13. The zero-order valence-corrected chi connectivity index (χ0v) is 10.2. The molecule has 4 nitrogen and oxygen atoms in total. The fraction of sp³-hybridized carbons (Fsp3) is 0.100. The van der Waals surface area contributed by atoms with E-state index >= 15 is 0 Å². The highest BCUT2D eigenvalue weighted by Crippen LogP contribution is 2.27. The Bertz CT molecular complexity index is 600. The number of anilines is 1. The van der Waals surface area contributed by atoms with Gasteiger partial charge in [0.05, 0.1) is 9.77 Å². The molecule has 0 amide bonds. The Hall–Kier alpha value is -1.40. The van der Waals surface area contributed by atoms with Crippen LogP contribution in [0.5, 0.6) is 0 Å². The highest BCUT2D eigenvalue weighted by molar-refractivity contribution is 7.90. The van der Waals surface area contributed by atoms with Crippen molar-refractivity contribution in [1.82, 2.24) is 4.98 Å². The summed E-state index contributed by atoms with van der Waals surface area (Å²) in [4.78, 5) is 5.18. The molecule has 0 aliphatic rings. The maximum Gasteiger partial charge on any atom is 0.180 e. The molecule has 1 aromatic carbocycles. The van der Waals surface area contributed by atoms with E-state index in [1.54, 1.807) is 30.5 Å². The van der Waals surface area contributed by atoms with Crippen LogP contribution in [0, 0.1) is 0 Å². The quantitative estimate of drug-likeness (QED) is 0.886. The molecule has 2 rings (SSSR count). The van der Waals surface area contributed by atoms with Crippen molar-refractivity contribution in [3.63, 3.8) is 0 Å². The molecule has 0 unspecified atom stereocenters. The highest BCUT2D eigenvalue weighted by atomic mass is 32.2. The molecule has 0 saturated carbocycles.